The second kappa shape index (κ2) is 10.3. The number of rotatable bonds is 7. The van der Waals surface area contributed by atoms with Gasteiger partial charge in [0, 0.05) is 25.7 Å². The molecule has 4 heterocycles. The summed E-state index contributed by atoms with van der Waals surface area (Å²) in [6.45, 7) is 4.31. The van der Waals surface area contributed by atoms with Crippen molar-refractivity contribution in [2.24, 2.45) is 0 Å². The number of carbonyl (C=O) groups is 3. The van der Waals surface area contributed by atoms with E-state index in [0.717, 1.165) is 15.8 Å². The Morgan fingerprint density at radius 1 is 1.34 bits per heavy atom. The number of hydrazine groups is 1. The van der Waals surface area contributed by atoms with E-state index in [4.69, 9.17) is 5.73 Å². The quantitative estimate of drug-likeness (QED) is 0.381. The number of nitrogens with one attached hydrogen (secondary N) is 1. The van der Waals surface area contributed by atoms with Crippen molar-refractivity contribution in [3.63, 3.8) is 0 Å². The van der Waals surface area contributed by atoms with Crippen LogP contribution in [0.5, 0.6) is 5.75 Å². The minimum atomic E-state index is -0.849. The number of fused-ring (bicyclic) bond motifs is 2. The first-order valence-corrected chi connectivity index (χ1v) is 12.9. The van der Waals surface area contributed by atoms with E-state index in [-0.39, 0.29) is 56.2 Å². The molecule has 0 aliphatic carbocycles. The highest BCUT2D eigenvalue weighted by Crippen LogP contribution is 2.32. The molecule has 1 aromatic carbocycles. The summed E-state index contributed by atoms with van der Waals surface area (Å²) in [5.41, 5.74) is 8.07. The Morgan fingerprint density at radius 2 is 2.16 bits per heavy atom. The summed E-state index contributed by atoms with van der Waals surface area (Å²) in [5.74, 6) is -0.492. The second-order valence-corrected chi connectivity index (χ2v) is 10.1. The van der Waals surface area contributed by atoms with Gasteiger partial charge >= 0.3 is 6.03 Å². The molecule has 2 aliphatic rings. The third-order valence-corrected chi connectivity index (χ3v) is 7.57. The van der Waals surface area contributed by atoms with Crippen molar-refractivity contribution in [1.29, 1.82) is 0 Å². The Morgan fingerprint density at radius 3 is 2.87 bits per heavy atom. The van der Waals surface area contributed by atoms with E-state index in [1.165, 1.54) is 35.7 Å². The van der Waals surface area contributed by atoms with Crippen LogP contribution >= 0.6 is 11.3 Å². The number of carbonyl (C=O) groups excluding carboxylic acids is 3. The molecule has 2 atom stereocenters. The third-order valence-electron chi connectivity index (χ3n) is 6.72. The molecule has 0 saturated carbocycles. The number of aromatic hydroxyl groups is 1. The normalized spacial score (nSPS) is 19.6. The van der Waals surface area contributed by atoms with Gasteiger partial charge in [-0.25, -0.2) is 9.78 Å². The molecule has 0 unspecified atom stereocenters. The van der Waals surface area contributed by atoms with Crippen LogP contribution in [0.3, 0.4) is 0 Å². The first-order chi connectivity index (χ1) is 18.3. The number of nitrogens with two attached hydrogens (primary N) is 1. The molecule has 2 aromatic heterocycles. The molecule has 0 bridgehead atoms. The summed E-state index contributed by atoms with van der Waals surface area (Å²) >= 11 is 1.38. The molecule has 2 fully saturated rings. The van der Waals surface area contributed by atoms with E-state index in [1.54, 1.807) is 27.0 Å². The van der Waals surface area contributed by atoms with Crippen molar-refractivity contribution >= 4 is 44.5 Å². The highest BCUT2D eigenvalue weighted by atomic mass is 32.1. The number of nitrogens with zero attached hydrogens (tertiary/aromatic N) is 6. The molecule has 4 N–H and O–H groups in total. The van der Waals surface area contributed by atoms with Crippen LogP contribution in [0.4, 0.5) is 9.93 Å². The number of hydrogen-bond donors (Lipinski definition) is 3. The van der Waals surface area contributed by atoms with Gasteiger partial charge in [0.05, 0.1) is 36.0 Å². The van der Waals surface area contributed by atoms with Crippen molar-refractivity contribution in [1.82, 2.24) is 35.1 Å². The van der Waals surface area contributed by atoms with Crippen LogP contribution in [0, 0.1) is 0 Å². The Balaban J connectivity index is 1.52. The van der Waals surface area contributed by atoms with Crippen LogP contribution < -0.4 is 11.1 Å². The average Bonchev–Trinajstić information content (AvgIpc) is 3.45. The molecule has 3 aromatic rings. The van der Waals surface area contributed by atoms with Gasteiger partial charge in [-0.1, -0.05) is 29.5 Å². The number of thiazole rings is 1. The molecule has 12 nitrogen and oxygen atoms in total. The topological polar surface area (TPSA) is 148 Å². The van der Waals surface area contributed by atoms with Gasteiger partial charge < -0.3 is 26.0 Å². The maximum absolute atomic E-state index is 13.9. The summed E-state index contributed by atoms with van der Waals surface area (Å²) in [4.78, 5) is 51.9. The predicted molar refractivity (Wildman–Crippen MR) is 142 cm³/mol. The van der Waals surface area contributed by atoms with Crippen molar-refractivity contribution in [2.45, 2.75) is 25.2 Å². The van der Waals surface area contributed by atoms with E-state index in [2.05, 4.69) is 21.9 Å². The summed E-state index contributed by atoms with van der Waals surface area (Å²) in [5, 5.41) is 15.8. The Kier molecular flexibility index (Phi) is 6.87. The average molecular weight is 537 g/mol. The van der Waals surface area contributed by atoms with E-state index >= 15 is 0 Å². The van der Waals surface area contributed by atoms with Crippen LogP contribution in [0.15, 0.2) is 49.2 Å². The van der Waals surface area contributed by atoms with Crippen LogP contribution in [0.25, 0.3) is 10.2 Å². The lowest BCUT2D eigenvalue weighted by atomic mass is 10.0. The molecule has 0 radical (unpaired) electrons. The highest BCUT2D eigenvalue weighted by molar-refractivity contribution is 7.22. The lowest BCUT2D eigenvalue weighted by Crippen LogP contribution is -2.66. The number of urea groups is 1. The minimum Gasteiger partial charge on any atom is -0.506 e. The number of nitrogen functional groups attached to an aromatic ring is 1. The second-order valence-electron chi connectivity index (χ2n) is 9.07. The molecule has 0 spiro atoms. The number of pyridine rings is 1. The van der Waals surface area contributed by atoms with Gasteiger partial charge in [-0.05, 0) is 23.8 Å². The van der Waals surface area contributed by atoms with Crippen molar-refractivity contribution in [3.8, 4) is 5.75 Å². The SMILES string of the molecule is C=CCN(C(=O)NC)N1CC(=O)N2[C@@H](Cc3ccc(O)cn3)C(=O)N(Cc3cccc4sc(N)nc34)C[C@@H]21. The van der Waals surface area contributed by atoms with E-state index in [9.17, 15) is 19.5 Å². The fourth-order valence-electron chi connectivity index (χ4n) is 5.04. The summed E-state index contributed by atoms with van der Waals surface area (Å²) in [7, 11) is 1.52. The summed E-state index contributed by atoms with van der Waals surface area (Å²) < 4.78 is 0.922. The van der Waals surface area contributed by atoms with Gasteiger partial charge in [0.1, 0.15) is 18.0 Å². The molecule has 5 rings (SSSR count). The highest BCUT2D eigenvalue weighted by Gasteiger charge is 2.52. The number of amides is 4. The molecule has 13 heteroatoms. The standard InChI is InChI=1S/C25H28N8O4S/c1-3-9-31(25(37)27-2)32-14-21(35)33-18(10-16-7-8-17(34)11-28-16)23(36)30(13-20(32)33)12-15-5-4-6-19-22(15)29-24(26)38-19/h3-8,11,18,20,34H,1,9-10,12-14H2,2H3,(H2,26,29)(H,27,37)/t18-,20+/m0/s1. The molecular weight excluding hydrogens is 508 g/mol. The first kappa shape index (κ1) is 25.4. The van der Waals surface area contributed by atoms with Gasteiger partial charge in [0.2, 0.25) is 11.8 Å². The molecule has 38 heavy (non-hydrogen) atoms. The first-order valence-electron chi connectivity index (χ1n) is 12.0. The van der Waals surface area contributed by atoms with Crippen molar-refractivity contribution < 1.29 is 19.5 Å². The van der Waals surface area contributed by atoms with Crippen molar-refractivity contribution in [2.75, 3.05) is 32.4 Å². The van der Waals surface area contributed by atoms with E-state index < -0.39 is 12.2 Å². The fraction of sp³-hybridized carbons (Fsp3) is 0.320. The Hall–Kier alpha value is -4.23. The maximum Gasteiger partial charge on any atom is 0.332 e. The van der Waals surface area contributed by atoms with Gasteiger partial charge in [-0.3, -0.25) is 19.6 Å². The summed E-state index contributed by atoms with van der Waals surface area (Å²) in [6.07, 6.45) is 2.46. The fourth-order valence-corrected chi connectivity index (χ4v) is 5.82. The monoisotopic (exact) mass is 536 g/mol. The van der Waals surface area contributed by atoms with Gasteiger partial charge in [-0.15, -0.1) is 6.58 Å². The number of aromatic nitrogens is 2. The molecular formula is C25H28N8O4S. The van der Waals surface area contributed by atoms with Crippen LogP contribution in [0.2, 0.25) is 0 Å². The van der Waals surface area contributed by atoms with Gasteiger partial charge in [0.25, 0.3) is 0 Å². The molecule has 2 saturated heterocycles. The number of piperazine rings is 1. The molecule has 198 valence electrons. The number of hydrogen-bond acceptors (Lipinski definition) is 9. The zero-order chi connectivity index (χ0) is 27.0. The minimum absolute atomic E-state index is 0.00734. The Labute approximate surface area is 222 Å². The lowest BCUT2D eigenvalue weighted by Gasteiger charge is -2.46. The smallest absolute Gasteiger partial charge is 0.332 e. The zero-order valence-electron chi connectivity index (χ0n) is 20.8. The van der Waals surface area contributed by atoms with Crippen LogP contribution in [-0.2, 0) is 22.6 Å². The lowest BCUT2D eigenvalue weighted by molar-refractivity contribution is -0.157. The number of anilines is 1. The molecule has 2 aliphatic heterocycles. The van der Waals surface area contributed by atoms with Crippen LogP contribution in [-0.4, -0.2) is 91.6 Å². The third kappa shape index (κ3) is 4.61. The number of benzene rings is 1. The van der Waals surface area contributed by atoms with Crippen molar-refractivity contribution in [3.05, 3.63) is 60.4 Å². The van der Waals surface area contributed by atoms with Gasteiger partial charge in [0.15, 0.2) is 5.13 Å². The predicted octanol–water partition coefficient (Wildman–Crippen LogP) is 1.15. The number of para-hydroxylation sites is 1. The zero-order valence-corrected chi connectivity index (χ0v) is 21.6. The van der Waals surface area contributed by atoms with Gasteiger partial charge in [-0.2, -0.15) is 5.01 Å². The van der Waals surface area contributed by atoms with E-state index in [0.29, 0.717) is 10.8 Å². The maximum atomic E-state index is 13.9. The van der Waals surface area contributed by atoms with Crippen LogP contribution in [0.1, 0.15) is 11.3 Å². The largest absolute Gasteiger partial charge is 0.506 e. The van der Waals surface area contributed by atoms with E-state index in [1.807, 2.05) is 18.2 Å². The summed E-state index contributed by atoms with van der Waals surface area (Å²) in [6, 6.07) is 7.62. The Bertz CT molecular complexity index is 1390. The molecule has 4 amide bonds.